The molecule has 0 saturated carbocycles. The molecule has 5 rings (SSSR count). The number of amides is 1. The molecule has 0 aliphatic carbocycles. The first kappa shape index (κ1) is 21.2. The Morgan fingerprint density at radius 3 is 2.38 bits per heavy atom. The second kappa shape index (κ2) is 8.73. The first-order valence-electron chi connectivity index (χ1n) is 10.7. The number of rotatable bonds is 5. The molecule has 3 aromatic rings. The number of para-hydroxylation sites is 1. The van der Waals surface area contributed by atoms with Crippen LogP contribution in [-0.4, -0.2) is 41.5 Å². The van der Waals surface area contributed by atoms with Gasteiger partial charge in [-0.15, -0.1) is 0 Å². The van der Waals surface area contributed by atoms with Crippen LogP contribution in [0.15, 0.2) is 59.5 Å². The van der Waals surface area contributed by atoms with Crippen LogP contribution in [0.2, 0.25) is 0 Å². The lowest BCUT2D eigenvalue weighted by atomic mass is 10.2. The fourth-order valence-electron chi connectivity index (χ4n) is 4.11. The van der Waals surface area contributed by atoms with Crippen LogP contribution in [0.1, 0.15) is 40.9 Å². The molecule has 3 heterocycles. The maximum Gasteiger partial charge on any atom is 0.256 e. The first-order valence-corrected chi connectivity index (χ1v) is 13.3. The predicted octanol–water partition coefficient (Wildman–Crippen LogP) is 4.05. The van der Waals surface area contributed by atoms with Gasteiger partial charge in [0.1, 0.15) is 5.82 Å². The number of benzene rings is 2. The summed E-state index contributed by atoms with van der Waals surface area (Å²) in [5.74, 6) is 2.00. The van der Waals surface area contributed by atoms with Crippen molar-refractivity contribution in [3.63, 3.8) is 0 Å². The van der Waals surface area contributed by atoms with Crippen molar-refractivity contribution in [2.45, 2.75) is 35.7 Å². The third kappa shape index (κ3) is 3.96. The highest BCUT2D eigenvalue weighted by molar-refractivity contribution is 7.98. The molecule has 9 heteroatoms. The predicted molar refractivity (Wildman–Crippen MR) is 126 cm³/mol. The molecule has 0 unspecified atom stereocenters. The summed E-state index contributed by atoms with van der Waals surface area (Å²) in [7, 11) is -3.52. The van der Waals surface area contributed by atoms with Crippen molar-refractivity contribution in [3.8, 4) is 5.69 Å². The van der Waals surface area contributed by atoms with Gasteiger partial charge in [-0.25, -0.2) is 13.1 Å². The average Bonchev–Trinajstić information content (AvgIpc) is 3.43. The lowest BCUT2D eigenvalue weighted by molar-refractivity contribution is 0.102. The number of carbonyl (C=O) groups is 1. The monoisotopic (exact) mass is 468 g/mol. The molecule has 0 bridgehead atoms. The van der Waals surface area contributed by atoms with Gasteiger partial charge in [-0.05, 0) is 49.2 Å². The molecule has 0 radical (unpaired) electrons. The van der Waals surface area contributed by atoms with Crippen molar-refractivity contribution >= 4 is 33.5 Å². The molecule has 1 N–H and O–H groups in total. The van der Waals surface area contributed by atoms with E-state index in [0.29, 0.717) is 24.5 Å². The van der Waals surface area contributed by atoms with Crippen LogP contribution >= 0.6 is 11.8 Å². The Morgan fingerprint density at radius 1 is 0.938 bits per heavy atom. The molecule has 2 aliphatic heterocycles. The van der Waals surface area contributed by atoms with Gasteiger partial charge in [0.25, 0.3) is 5.91 Å². The number of aromatic nitrogens is 2. The maximum absolute atomic E-state index is 13.0. The third-order valence-electron chi connectivity index (χ3n) is 5.85. The summed E-state index contributed by atoms with van der Waals surface area (Å²) in [6.07, 6.45) is 2.84. The number of fused-ring (bicyclic) bond motifs is 1. The van der Waals surface area contributed by atoms with Gasteiger partial charge >= 0.3 is 0 Å². The highest BCUT2D eigenvalue weighted by Crippen LogP contribution is 2.36. The summed E-state index contributed by atoms with van der Waals surface area (Å²) in [5, 5.41) is 7.72. The van der Waals surface area contributed by atoms with Gasteiger partial charge in [-0.1, -0.05) is 24.6 Å². The molecule has 1 aromatic heterocycles. The van der Waals surface area contributed by atoms with Crippen LogP contribution < -0.4 is 5.32 Å². The highest BCUT2D eigenvalue weighted by atomic mass is 32.2. The van der Waals surface area contributed by atoms with Crippen molar-refractivity contribution < 1.29 is 13.2 Å². The zero-order valence-corrected chi connectivity index (χ0v) is 19.2. The summed E-state index contributed by atoms with van der Waals surface area (Å²) in [4.78, 5) is 13.3. The Balaban J connectivity index is 1.39. The van der Waals surface area contributed by atoms with E-state index in [0.717, 1.165) is 47.7 Å². The topological polar surface area (TPSA) is 84.3 Å². The second-order valence-corrected chi connectivity index (χ2v) is 10.9. The molecule has 1 amide bonds. The van der Waals surface area contributed by atoms with E-state index in [-0.39, 0.29) is 10.8 Å². The van der Waals surface area contributed by atoms with Gasteiger partial charge in [-0.3, -0.25) is 4.79 Å². The number of sulfonamides is 1. The molecular weight excluding hydrogens is 444 g/mol. The van der Waals surface area contributed by atoms with Gasteiger partial charge in [0.2, 0.25) is 10.0 Å². The smallest absolute Gasteiger partial charge is 0.256 e. The molecule has 1 fully saturated rings. The van der Waals surface area contributed by atoms with Crippen LogP contribution in [-0.2, 0) is 21.5 Å². The number of hydrogen-bond acceptors (Lipinski definition) is 5. The van der Waals surface area contributed by atoms with E-state index in [9.17, 15) is 13.2 Å². The van der Waals surface area contributed by atoms with Crippen molar-refractivity contribution in [1.82, 2.24) is 14.1 Å². The first-order chi connectivity index (χ1) is 15.5. The Morgan fingerprint density at radius 2 is 1.66 bits per heavy atom. The minimum absolute atomic E-state index is 0.225. The summed E-state index contributed by atoms with van der Waals surface area (Å²) >= 11 is 1.77. The lowest BCUT2D eigenvalue weighted by Crippen LogP contribution is -2.35. The quantitative estimate of drug-likeness (QED) is 0.611. The minimum Gasteiger partial charge on any atom is -0.306 e. The molecule has 32 heavy (non-hydrogen) atoms. The number of piperidine rings is 1. The Kier molecular flexibility index (Phi) is 5.79. The molecule has 166 valence electrons. The summed E-state index contributed by atoms with van der Waals surface area (Å²) < 4.78 is 29.0. The maximum atomic E-state index is 13.0. The van der Waals surface area contributed by atoms with Gasteiger partial charge < -0.3 is 5.32 Å². The molecule has 1 saturated heterocycles. The van der Waals surface area contributed by atoms with Gasteiger partial charge in [0.15, 0.2) is 0 Å². The van der Waals surface area contributed by atoms with Crippen molar-refractivity contribution in [2.75, 3.05) is 18.4 Å². The fraction of sp³-hybridized carbons (Fsp3) is 0.304. The van der Waals surface area contributed by atoms with Crippen molar-refractivity contribution in [3.05, 3.63) is 71.4 Å². The van der Waals surface area contributed by atoms with E-state index >= 15 is 0 Å². The zero-order valence-electron chi connectivity index (χ0n) is 17.5. The van der Waals surface area contributed by atoms with Crippen LogP contribution in [0.4, 0.5) is 5.82 Å². The van der Waals surface area contributed by atoms with E-state index in [1.165, 1.54) is 16.4 Å². The highest BCUT2D eigenvalue weighted by Gasteiger charge is 2.27. The molecule has 0 atom stereocenters. The lowest BCUT2D eigenvalue weighted by Gasteiger charge is -2.25. The summed E-state index contributed by atoms with van der Waals surface area (Å²) in [6.45, 7) is 1.11. The normalized spacial score (nSPS) is 16.6. The number of nitrogens with one attached hydrogen (secondary N) is 1. The van der Waals surface area contributed by atoms with E-state index in [1.54, 1.807) is 28.6 Å². The van der Waals surface area contributed by atoms with Crippen LogP contribution in [0.3, 0.4) is 0 Å². The summed E-state index contributed by atoms with van der Waals surface area (Å²) in [6, 6.07) is 15.9. The van der Waals surface area contributed by atoms with Crippen molar-refractivity contribution in [1.29, 1.82) is 0 Å². The molecule has 0 spiro atoms. The van der Waals surface area contributed by atoms with Gasteiger partial charge in [-0.2, -0.15) is 21.2 Å². The number of hydrogen-bond donors (Lipinski definition) is 1. The van der Waals surface area contributed by atoms with Gasteiger partial charge in [0.05, 0.1) is 16.3 Å². The van der Waals surface area contributed by atoms with Crippen molar-refractivity contribution in [2.24, 2.45) is 0 Å². The summed E-state index contributed by atoms with van der Waals surface area (Å²) in [5.41, 5.74) is 3.31. The second-order valence-electron chi connectivity index (χ2n) is 7.96. The molecule has 2 aromatic carbocycles. The zero-order chi connectivity index (χ0) is 22.1. The molecular formula is C23H24N4O3S2. The number of thioether (sulfide) groups is 1. The van der Waals surface area contributed by atoms with E-state index in [4.69, 9.17) is 5.10 Å². The number of anilines is 1. The Bertz CT molecular complexity index is 1230. The Hall–Kier alpha value is -2.62. The average molecular weight is 469 g/mol. The Labute approximate surface area is 191 Å². The van der Waals surface area contributed by atoms with Gasteiger partial charge in [0, 0.05) is 35.7 Å². The van der Waals surface area contributed by atoms with Crippen LogP contribution in [0, 0.1) is 0 Å². The molecule has 7 nitrogen and oxygen atoms in total. The number of carbonyl (C=O) groups excluding carboxylic acids is 1. The number of nitrogens with zero attached hydrogens (tertiary/aromatic N) is 3. The SMILES string of the molecule is O=C(Nc1c2c(nn1-c1ccccc1)CSC2)c1ccc(S(=O)(=O)N2CCCCC2)cc1. The minimum atomic E-state index is -3.52. The molecule has 2 aliphatic rings. The largest absolute Gasteiger partial charge is 0.306 e. The van der Waals surface area contributed by atoms with Crippen LogP contribution in [0.25, 0.3) is 5.69 Å². The van der Waals surface area contributed by atoms with E-state index < -0.39 is 10.0 Å². The third-order valence-corrected chi connectivity index (χ3v) is 8.74. The van der Waals surface area contributed by atoms with E-state index in [1.807, 2.05) is 30.3 Å². The van der Waals surface area contributed by atoms with E-state index in [2.05, 4.69) is 5.32 Å². The standard InChI is InChI=1S/C23H24N4O3S2/c28-23(17-9-11-19(12-10-17)32(29,30)26-13-5-2-6-14-26)24-22-20-15-31-16-21(20)25-27(22)18-7-3-1-4-8-18/h1,3-4,7-12H,2,5-6,13-16H2,(H,24,28). The fourth-order valence-corrected chi connectivity index (χ4v) is 6.66. The van der Waals surface area contributed by atoms with Crippen LogP contribution in [0.5, 0.6) is 0 Å².